The lowest BCUT2D eigenvalue weighted by Gasteiger charge is -2.22. The number of ether oxygens (including phenoxy) is 1. The Bertz CT molecular complexity index is 564. The Hall–Kier alpha value is -2.64. The standard InChI is InChI=1S/C13H16N2O6/c1-13(2,3)21-12(18)14-10(11(16)17)8-5-4-6-9(7-8)15(19)20/h4-7,10H,1-3H3,(H,14,18)(H,16,17)/t10-/m1/s1. The number of amides is 1. The first-order valence-corrected chi connectivity index (χ1v) is 6.07. The molecule has 0 aliphatic rings. The molecule has 0 spiro atoms. The predicted octanol–water partition coefficient (Wildman–Crippen LogP) is 2.25. The van der Waals surface area contributed by atoms with E-state index < -0.39 is 28.6 Å². The molecule has 0 unspecified atom stereocenters. The fourth-order valence-corrected chi connectivity index (χ4v) is 1.53. The maximum Gasteiger partial charge on any atom is 0.408 e. The summed E-state index contributed by atoms with van der Waals surface area (Å²) in [6.45, 7) is 4.90. The number of nitrogens with zero attached hydrogens (tertiary/aromatic N) is 1. The number of non-ortho nitro benzene ring substituents is 1. The Labute approximate surface area is 120 Å². The number of benzene rings is 1. The zero-order valence-electron chi connectivity index (χ0n) is 11.8. The first kappa shape index (κ1) is 16.4. The van der Waals surface area contributed by atoms with Crippen LogP contribution in [0.4, 0.5) is 10.5 Å². The summed E-state index contributed by atoms with van der Waals surface area (Å²) >= 11 is 0. The molecule has 0 heterocycles. The summed E-state index contributed by atoms with van der Waals surface area (Å²) in [5.74, 6) is -1.35. The van der Waals surface area contributed by atoms with Crippen molar-refractivity contribution in [3.8, 4) is 0 Å². The normalized spacial score (nSPS) is 12.3. The van der Waals surface area contributed by atoms with E-state index in [4.69, 9.17) is 9.84 Å². The zero-order valence-corrected chi connectivity index (χ0v) is 11.8. The van der Waals surface area contributed by atoms with Crippen LogP contribution in [0.25, 0.3) is 0 Å². The smallest absolute Gasteiger partial charge is 0.408 e. The van der Waals surface area contributed by atoms with Crippen LogP contribution >= 0.6 is 0 Å². The number of hydrogen-bond acceptors (Lipinski definition) is 5. The fraction of sp³-hybridized carbons (Fsp3) is 0.385. The SMILES string of the molecule is CC(C)(C)OC(=O)N[C@@H](C(=O)O)c1cccc([N+](=O)[O-])c1. The number of carbonyl (C=O) groups excluding carboxylic acids is 1. The molecule has 2 N–H and O–H groups in total. The summed E-state index contributed by atoms with van der Waals surface area (Å²) in [7, 11) is 0. The third-order valence-electron chi connectivity index (χ3n) is 2.32. The number of aliphatic carboxylic acids is 1. The summed E-state index contributed by atoms with van der Waals surface area (Å²) in [5.41, 5.74) is -0.956. The van der Waals surface area contributed by atoms with Gasteiger partial charge in [-0.1, -0.05) is 12.1 Å². The quantitative estimate of drug-likeness (QED) is 0.649. The molecule has 1 aromatic carbocycles. The van der Waals surface area contributed by atoms with Gasteiger partial charge in [-0.25, -0.2) is 9.59 Å². The minimum Gasteiger partial charge on any atom is -0.479 e. The molecular weight excluding hydrogens is 280 g/mol. The van der Waals surface area contributed by atoms with Gasteiger partial charge in [0.05, 0.1) is 4.92 Å². The average Bonchev–Trinajstić information content (AvgIpc) is 2.33. The van der Waals surface area contributed by atoms with Crippen LogP contribution in [-0.2, 0) is 9.53 Å². The molecule has 1 rings (SSSR count). The van der Waals surface area contributed by atoms with E-state index in [1.54, 1.807) is 20.8 Å². The Morgan fingerprint density at radius 2 is 2.00 bits per heavy atom. The van der Waals surface area contributed by atoms with E-state index in [2.05, 4.69) is 5.32 Å². The number of nitro groups is 1. The number of alkyl carbamates (subject to hydrolysis) is 1. The summed E-state index contributed by atoms with van der Waals surface area (Å²) in [4.78, 5) is 32.9. The van der Waals surface area contributed by atoms with E-state index in [9.17, 15) is 19.7 Å². The van der Waals surface area contributed by atoms with Crippen LogP contribution in [0.5, 0.6) is 0 Å². The van der Waals surface area contributed by atoms with Gasteiger partial charge in [-0.2, -0.15) is 0 Å². The highest BCUT2D eigenvalue weighted by atomic mass is 16.6. The molecule has 8 heteroatoms. The molecular formula is C13H16N2O6. The molecule has 0 saturated carbocycles. The van der Waals surface area contributed by atoms with Crippen LogP contribution in [0.15, 0.2) is 24.3 Å². The number of rotatable bonds is 4. The van der Waals surface area contributed by atoms with E-state index in [1.807, 2.05) is 0 Å². The number of nitrogens with one attached hydrogen (secondary N) is 1. The van der Waals surface area contributed by atoms with Crippen molar-refractivity contribution >= 4 is 17.7 Å². The summed E-state index contributed by atoms with van der Waals surface area (Å²) < 4.78 is 4.97. The minimum atomic E-state index is -1.43. The van der Waals surface area contributed by atoms with Gasteiger partial charge in [-0.3, -0.25) is 10.1 Å². The fourth-order valence-electron chi connectivity index (χ4n) is 1.53. The summed E-state index contributed by atoms with van der Waals surface area (Å²) in [6.07, 6.45) is -0.915. The second-order valence-electron chi connectivity index (χ2n) is 5.27. The summed E-state index contributed by atoms with van der Waals surface area (Å²) in [5, 5.41) is 22.0. The second-order valence-corrected chi connectivity index (χ2v) is 5.27. The van der Waals surface area contributed by atoms with Crippen LogP contribution in [-0.4, -0.2) is 27.7 Å². The monoisotopic (exact) mass is 296 g/mol. The first-order chi connectivity index (χ1) is 9.60. The van der Waals surface area contributed by atoms with Crippen molar-refractivity contribution < 1.29 is 24.4 Å². The topological polar surface area (TPSA) is 119 Å². The Balaban J connectivity index is 2.97. The van der Waals surface area contributed by atoms with Gasteiger partial charge >= 0.3 is 12.1 Å². The summed E-state index contributed by atoms with van der Waals surface area (Å²) in [6, 6.07) is 3.62. The highest BCUT2D eigenvalue weighted by Gasteiger charge is 2.26. The minimum absolute atomic E-state index is 0.0857. The van der Waals surface area contributed by atoms with Crippen molar-refractivity contribution in [3.05, 3.63) is 39.9 Å². The number of hydrogen-bond donors (Lipinski definition) is 2. The van der Waals surface area contributed by atoms with E-state index in [0.717, 1.165) is 6.07 Å². The Morgan fingerprint density at radius 1 is 1.38 bits per heavy atom. The highest BCUT2D eigenvalue weighted by Crippen LogP contribution is 2.20. The van der Waals surface area contributed by atoms with Crippen molar-refractivity contribution in [2.45, 2.75) is 32.4 Å². The Kier molecular flexibility index (Phi) is 4.85. The van der Waals surface area contributed by atoms with Gasteiger partial charge in [-0.05, 0) is 26.3 Å². The van der Waals surface area contributed by atoms with Crippen LogP contribution in [0, 0.1) is 10.1 Å². The van der Waals surface area contributed by atoms with Crippen LogP contribution in [0.3, 0.4) is 0 Å². The Morgan fingerprint density at radius 3 is 2.48 bits per heavy atom. The third kappa shape index (κ3) is 5.09. The van der Waals surface area contributed by atoms with Gasteiger partial charge in [0.15, 0.2) is 6.04 Å². The van der Waals surface area contributed by atoms with Crippen molar-refractivity contribution in [3.63, 3.8) is 0 Å². The van der Waals surface area contributed by atoms with E-state index in [-0.39, 0.29) is 11.3 Å². The van der Waals surface area contributed by atoms with Gasteiger partial charge in [0.2, 0.25) is 0 Å². The maximum atomic E-state index is 11.6. The lowest BCUT2D eigenvalue weighted by molar-refractivity contribution is -0.384. The van der Waals surface area contributed by atoms with Crippen molar-refractivity contribution in [2.24, 2.45) is 0 Å². The average molecular weight is 296 g/mol. The van der Waals surface area contributed by atoms with Gasteiger partial charge in [-0.15, -0.1) is 0 Å². The maximum absolute atomic E-state index is 11.6. The first-order valence-electron chi connectivity index (χ1n) is 6.07. The number of nitro benzene ring substituents is 1. The molecule has 0 radical (unpaired) electrons. The van der Waals surface area contributed by atoms with Crippen LogP contribution in [0.1, 0.15) is 32.4 Å². The molecule has 1 amide bonds. The van der Waals surface area contributed by atoms with Crippen molar-refractivity contribution in [2.75, 3.05) is 0 Å². The number of carboxylic acid groups (broad SMARTS) is 1. The van der Waals surface area contributed by atoms with Gasteiger partial charge < -0.3 is 15.2 Å². The molecule has 114 valence electrons. The molecule has 0 saturated heterocycles. The molecule has 8 nitrogen and oxygen atoms in total. The number of carbonyl (C=O) groups is 2. The zero-order chi connectivity index (χ0) is 16.2. The van der Waals surface area contributed by atoms with E-state index >= 15 is 0 Å². The molecule has 21 heavy (non-hydrogen) atoms. The molecule has 0 fully saturated rings. The van der Waals surface area contributed by atoms with Gasteiger partial charge in [0.25, 0.3) is 5.69 Å². The lowest BCUT2D eigenvalue weighted by Crippen LogP contribution is -2.38. The predicted molar refractivity (Wildman–Crippen MR) is 72.8 cm³/mol. The molecule has 0 aliphatic heterocycles. The molecule has 1 atom stereocenters. The van der Waals surface area contributed by atoms with Crippen molar-refractivity contribution in [1.29, 1.82) is 0 Å². The van der Waals surface area contributed by atoms with Crippen molar-refractivity contribution in [1.82, 2.24) is 5.32 Å². The van der Waals surface area contributed by atoms with Crippen LogP contribution in [0.2, 0.25) is 0 Å². The molecule has 0 aromatic heterocycles. The lowest BCUT2D eigenvalue weighted by atomic mass is 10.1. The molecule has 0 bridgehead atoms. The third-order valence-corrected chi connectivity index (χ3v) is 2.32. The largest absolute Gasteiger partial charge is 0.479 e. The molecule has 0 aliphatic carbocycles. The second kappa shape index (κ2) is 6.21. The molecule has 1 aromatic rings. The van der Waals surface area contributed by atoms with E-state index in [1.165, 1.54) is 18.2 Å². The van der Waals surface area contributed by atoms with Gasteiger partial charge in [0, 0.05) is 12.1 Å². The number of carboxylic acids is 1. The van der Waals surface area contributed by atoms with Crippen LogP contribution < -0.4 is 5.32 Å². The van der Waals surface area contributed by atoms with Gasteiger partial charge in [0.1, 0.15) is 5.60 Å². The highest BCUT2D eigenvalue weighted by molar-refractivity contribution is 5.81. The van der Waals surface area contributed by atoms with E-state index in [0.29, 0.717) is 0 Å².